The highest BCUT2D eigenvalue weighted by Gasteiger charge is 2.02. The summed E-state index contributed by atoms with van der Waals surface area (Å²) in [5.41, 5.74) is 0.910. The van der Waals surface area contributed by atoms with E-state index in [9.17, 15) is 4.79 Å². The van der Waals surface area contributed by atoms with Gasteiger partial charge in [-0.15, -0.1) is 11.3 Å². The number of aliphatic carboxylic acids is 1. The SMILES string of the molecule is C=C(CCC(=O)O)c1cccs1. The van der Waals surface area contributed by atoms with Crippen molar-refractivity contribution < 1.29 is 9.90 Å². The molecule has 0 aliphatic rings. The first kappa shape index (κ1) is 9.00. The monoisotopic (exact) mass is 182 g/mol. The van der Waals surface area contributed by atoms with Crippen molar-refractivity contribution in [3.05, 3.63) is 29.0 Å². The maximum Gasteiger partial charge on any atom is 0.303 e. The molecule has 0 aliphatic carbocycles. The van der Waals surface area contributed by atoms with Crippen LogP contribution in [0.3, 0.4) is 0 Å². The van der Waals surface area contributed by atoms with Crippen LogP contribution in [-0.4, -0.2) is 11.1 Å². The zero-order chi connectivity index (χ0) is 8.97. The molecule has 1 aromatic rings. The van der Waals surface area contributed by atoms with Crippen molar-refractivity contribution in [2.45, 2.75) is 12.8 Å². The molecule has 0 aliphatic heterocycles. The lowest BCUT2D eigenvalue weighted by atomic mass is 10.1. The average Bonchev–Trinajstić information content (AvgIpc) is 2.51. The van der Waals surface area contributed by atoms with E-state index in [1.54, 1.807) is 11.3 Å². The van der Waals surface area contributed by atoms with Gasteiger partial charge < -0.3 is 5.11 Å². The third-order valence-electron chi connectivity index (χ3n) is 1.51. The van der Waals surface area contributed by atoms with Crippen LogP contribution in [0.15, 0.2) is 24.1 Å². The summed E-state index contributed by atoms with van der Waals surface area (Å²) in [5.74, 6) is -0.771. The Hall–Kier alpha value is -1.09. The molecule has 0 atom stereocenters. The topological polar surface area (TPSA) is 37.3 Å². The van der Waals surface area contributed by atoms with Crippen LogP contribution in [0.5, 0.6) is 0 Å². The van der Waals surface area contributed by atoms with Gasteiger partial charge in [-0.3, -0.25) is 4.79 Å². The van der Waals surface area contributed by atoms with E-state index in [0.29, 0.717) is 6.42 Å². The zero-order valence-electron chi connectivity index (χ0n) is 6.62. The van der Waals surface area contributed by atoms with Gasteiger partial charge >= 0.3 is 5.97 Å². The highest BCUT2D eigenvalue weighted by Crippen LogP contribution is 2.22. The first-order valence-electron chi connectivity index (χ1n) is 3.63. The number of carbonyl (C=O) groups is 1. The molecule has 0 fully saturated rings. The molecule has 0 amide bonds. The molecule has 2 nitrogen and oxygen atoms in total. The van der Waals surface area contributed by atoms with E-state index in [1.807, 2.05) is 17.5 Å². The van der Waals surface area contributed by atoms with E-state index in [0.717, 1.165) is 10.5 Å². The third kappa shape index (κ3) is 2.51. The van der Waals surface area contributed by atoms with Gasteiger partial charge in [-0.05, 0) is 23.4 Å². The quantitative estimate of drug-likeness (QED) is 0.777. The Morgan fingerprint density at radius 2 is 2.33 bits per heavy atom. The van der Waals surface area contributed by atoms with Crippen molar-refractivity contribution >= 4 is 22.9 Å². The smallest absolute Gasteiger partial charge is 0.303 e. The third-order valence-corrected chi connectivity index (χ3v) is 2.48. The van der Waals surface area contributed by atoms with E-state index in [1.165, 1.54) is 0 Å². The Balaban J connectivity index is 2.45. The second kappa shape index (κ2) is 4.07. The van der Waals surface area contributed by atoms with Gasteiger partial charge in [0.2, 0.25) is 0 Å². The van der Waals surface area contributed by atoms with E-state index < -0.39 is 5.97 Å². The lowest BCUT2D eigenvalue weighted by molar-refractivity contribution is -0.136. The molecule has 1 aromatic heterocycles. The molecule has 3 heteroatoms. The van der Waals surface area contributed by atoms with Crippen LogP contribution >= 0.6 is 11.3 Å². The minimum Gasteiger partial charge on any atom is -0.481 e. The van der Waals surface area contributed by atoms with Gasteiger partial charge in [0.1, 0.15) is 0 Å². The summed E-state index contributed by atoms with van der Waals surface area (Å²) >= 11 is 1.59. The summed E-state index contributed by atoms with van der Waals surface area (Å²) in [7, 11) is 0. The molecular weight excluding hydrogens is 172 g/mol. The maximum atomic E-state index is 10.2. The number of carboxylic acids is 1. The van der Waals surface area contributed by atoms with Crippen LogP contribution in [0.2, 0.25) is 0 Å². The normalized spacial score (nSPS) is 9.67. The first-order valence-corrected chi connectivity index (χ1v) is 4.51. The summed E-state index contributed by atoms with van der Waals surface area (Å²) < 4.78 is 0. The number of hydrogen-bond acceptors (Lipinski definition) is 2. The maximum absolute atomic E-state index is 10.2. The summed E-state index contributed by atoms with van der Waals surface area (Å²) in [4.78, 5) is 11.3. The zero-order valence-corrected chi connectivity index (χ0v) is 7.43. The van der Waals surface area contributed by atoms with Gasteiger partial charge in [-0.2, -0.15) is 0 Å². The number of carboxylic acid groups (broad SMARTS) is 1. The minimum atomic E-state index is -0.771. The summed E-state index contributed by atoms with van der Waals surface area (Å²) in [6.45, 7) is 3.82. The fraction of sp³-hybridized carbons (Fsp3) is 0.222. The Morgan fingerprint density at radius 3 is 2.83 bits per heavy atom. The van der Waals surface area contributed by atoms with Crippen molar-refractivity contribution in [3.8, 4) is 0 Å². The number of thiophene rings is 1. The van der Waals surface area contributed by atoms with Crippen LogP contribution < -0.4 is 0 Å². The Labute approximate surface area is 75.2 Å². The van der Waals surface area contributed by atoms with Gasteiger partial charge in [-0.25, -0.2) is 0 Å². The van der Waals surface area contributed by atoms with E-state index in [4.69, 9.17) is 5.11 Å². The molecule has 0 radical (unpaired) electrons. The predicted molar refractivity (Wildman–Crippen MR) is 50.2 cm³/mol. The summed E-state index contributed by atoms with van der Waals surface area (Å²) in [6.07, 6.45) is 0.701. The van der Waals surface area contributed by atoms with E-state index in [-0.39, 0.29) is 6.42 Å². The molecule has 0 saturated carbocycles. The second-order valence-electron chi connectivity index (χ2n) is 2.47. The standard InChI is InChI=1S/C9H10O2S/c1-7(4-5-9(10)11)8-3-2-6-12-8/h2-3,6H,1,4-5H2,(H,10,11). The minimum absolute atomic E-state index is 0.163. The molecular formula is C9H10O2S. The molecule has 0 spiro atoms. The fourth-order valence-electron chi connectivity index (χ4n) is 0.861. The Morgan fingerprint density at radius 1 is 1.58 bits per heavy atom. The first-order chi connectivity index (χ1) is 5.70. The second-order valence-corrected chi connectivity index (χ2v) is 3.42. The van der Waals surface area contributed by atoms with E-state index >= 15 is 0 Å². The molecule has 12 heavy (non-hydrogen) atoms. The van der Waals surface area contributed by atoms with E-state index in [2.05, 4.69) is 6.58 Å². The van der Waals surface area contributed by atoms with Crippen LogP contribution in [0, 0.1) is 0 Å². The summed E-state index contributed by atoms with van der Waals surface area (Å²) in [6, 6.07) is 3.89. The Kier molecular flexibility index (Phi) is 3.05. The molecule has 0 aromatic carbocycles. The largest absolute Gasteiger partial charge is 0.481 e. The van der Waals surface area contributed by atoms with Crippen molar-refractivity contribution in [2.75, 3.05) is 0 Å². The Bertz CT molecular complexity index is 275. The predicted octanol–water partition coefficient (Wildman–Crippen LogP) is 2.63. The lowest BCUT2D eigenvalue weighted by Gasteiger charge is -1.98. The molecule has 64 valence electrons. The van der Waals surface area contributed by atoms with Gasteiger partial charge in [0.25, 0.3) is 0 Å². The van der Waals surface area contributed by atoms with Gasteiger partial charge in [0.15, 0.2) is 0 Å². The molecule has 1 heterocycles. The highest BCUT2D eigenvalue weighted by molar-refractivity contribution is 7.11. The van der Waals surface area contributed by atoms with Gasteiger partial charge in [-0.1, -0.05) is 12.6 Å². The van der Waals surface area contributed by atoms with Crippen LogP contribution in [0.1, 0.15) is 17.7 Å². The van der Waals surface area contributed by atoms with Crippen molar-refractivity contribution in [3.63, 3.8) is 0 Å². The average molecular weight is 182 g/mol. The van der Waals surface area contributed by atoms with Crippen LogP contribution in [0.4, 0.5) is 0 Å². The number of rotatable bonds is 4. The fourth-order valence-corrected chi connectivity index (χ4v) is 1.59. The molecule has 0 unspecified atom stereocenters. The van der Waals surface area contributed by atoms with Crippen molar-refractivity contribution in [2.24, 2.45) is 0 Å². The van der Waals surface area contributed by atoms with Crippen LogP contribution in [-0.2, 0) is 4.79 Å². The van der Waals surface area contributed by atoms with Gasteiger partial charge in [0.05, 0.1) is 0 Å². The lowest BCUT2D eigenvalue weighted by Crippen LogP contribution is -1.93. The molecule has 1 rings (SSSR count). The van der Waals surface area contributed by atoms with Crippen molar-refractivity contribution in [1.82, 2.24) is 0 Å². The molecule has 0 saturated heterocycles. The van der Waals surface area contributed by atoms with Gasteiger partial charge in [0, 0.05) is 11.3 Å². The number of allylic oxidation sites excluding steroid dienone is 1. The highest BCUT2D eigenvalue weighted by atomic mass is 32.1. The van der Waals surface area contributed by atoms with Crippen LogP contribution in [0.25, 0.3) is 5.57 Å². The molecule has 1 N–H and O–H groups in total. The van der Waals surface area contributed by atoms with Crippen molar-refractivity contribution in [1.29, 1.82) is 0 Å². The summed E-state index contributed by atoms with van der Waals surface area (Å²) in [5, 5.41) is 10.4. The molecule has 0 bridgehead atoms. The number of hydrogen-bond donors (Lipinski definition) is 1.